The molecule has 3 aromatic heterocycles. The maximum absolute atomic E-state index is 11.6. The smallest absolute Gasteiger partial charge is 0.335 e. The number of halogens is 1. The third kappa shape index (κ3) is 5.66. The summed E-state index contributed by atoms with van der Waals surface area (Å²) < 4.78 is 13.7. The molecule has 1 aromatic carbocycles. The summed E-state index contributed by atoms with van der Waals surface area (Å²) in [7, 11) is 0. The van der Waals surface area contributed by atoms with Crippen molar-refractivity contribution in [2.24, 2.45) is 0 Å². The van der Waals surface area contributed by atoms with Gasteiger partial charge in [0.05, 0.1) is 41.5 Å². The predicted octanol–water partition coefficient (Wildman–Crippen LogP) is 4.84. The highest BCUT2D eigenvalue weighted by molar-refractivity contribution is 6.30. The van der Waals surface area contributed by atoms with Crippen molar-refractivity contribution in [3.63, 3.8) is 0 Å². The Kier molecular flexibility index (Phi) is 7.28. The van der Waals surface area contributed by atoms with Crippen LogP contribution < -0.4 is 4.74 Å². The van der Waals surface area contributed by atoms with Gasteiger partial charge in [-0.25, -0.2) is 19.7 Å². The van der Waals surface area contributed by atoms with E-state index in [-0.39, 0.29) is 11.7 Å². The Morgan fingerprint density at radius 2 is 2.08 bits per heavy atom. The molecule has 39 heavy (non-hydrogen) atoms. The molecule has 0 bridgehead atoms. The Hall–Kier alpha value is -3.79. The summed E-state index contributed by atoms with van der Waals surface area (Å²) in [5.74, 6) is 0.523. The minimum Gasteiger partial charge on any atom is -0.478 e. The summed E-state index contributed by atoms with van der Waals surface area (Å²) in [6.07, 6.45) is 5.84. The molecule has 6 rings (SSSR count). The molecule has 1 fully saturated rings. The van der Waals surface area contributed by atoms with Gasteiger partial charge in [-0.2, -0.15) is 0 Å². The summed E-state index contributed by atoms with van der Waals surface area (Å²) >= 11 is 6.14. The van der Waals surface area contributed by atoms with E-state index in [1.807, 2.05) is 30.3 Å². The summed E-state index contributed by atoms with van der Waals surface area (Å²) in [5.41, 5.74) is 4.79. The van der Waals surface area contributed by atoms with Gasteiger partial charge in [-0.3, -0.25) is 4.90 Å². The standard InChI is InChI=1S/C29H28ClN5O4/c30-28-21(3-2-11-31-28)18-39-27-5-1-4-23(33-27)19-8-12-34(13-9-19)17-26-32-24-7-6-20(29(36)37)15-25(24)35(26)16-22-10-14-38-22/h1-8,11,15,22H,9-10,12-14,16-18H2,(H,36,37). The van der Waals surface area contributed by atoms with Crippen molar-refractivity contribution in [1.82, 2.24) is 24.4 Å². The zero-order valence-electron chi connectivity index (χ0n) is 21.3. The number of aromatic nitrogens is 4. The van der Waals surface area contributed by atoms with E-state index in [9.17, 15) is 9.90 Å². The van der Waals surface area contributed by atoms with Gasteiger partial charge in [-0.15, -0.1) is 0 Å². The molecule has 5 heterocycles. The maximum atomic E-state index is 11.6. The first-order valence-corrected chi connectivity index (χ1v) is 13.4. The van der Waals surface area contributed by atoms with E-state index >= 15 is 0 Å². The molecular weight excluding hydrogens is 518 g/mol. The lowest BCUT2D eigenvalue weighted by atomic mass is 10.0. The van der Waals surface area contributed by atoms with Crippen LogP contribution >= 0.6 is 11.6 Å². The second-order valence-corrected chi connectivity index (χ2v) is 10.1. The number of carboxylic acids is 1. The highest BCUT2D eigenvalue weighted by Crippen LogP contribution is 2.26. The number of carbonyl (C=O) groups is 1. The van der Waals surface area contributed by atoms with Gasteiger partial charge in [0.1, 0.15) is 17.6 Å². The van der Waals surface area contributed by atoms with Crippen molar-refractivity contribution in [3.05, 3.63) is 88.6 Å². The molecule has 1 N–H and O–H groups in total. The molecule has 9 nitrogen and oxygen atoms in total. The molecule has 0 radical (unpaired) electrons. The zero-order chi connectivity index (χ0) is 26.8. The molecular formula is C29H28ClN5O4. The van der Waals surface area contributed by atoms with Gasteiger partial charge in [0.25, 0.3) is 0 Å². The van der Waals surface area contributed by atoms with Gasteiger partial charge in [0.15, 0.2) is 0 Å². The number of carboxylic acid groups (broad SMARTS) is 1. The fraction of sp³-hybridized carbons (Fsp3) is 0.310. The van der Waals surface area contributed by atoms with Crippen molar-refractivity contribution in [2.75, 3.05) is 19.7 Å². The minimum atomic E-state index is -0.941. The SMILES string of the molecule is O=C(O)c1ccc2nc(CN3CC=C(c4cccc(OCc5cccnc5Cl)n4)CC3)n(CC3CCO3)c2c1. The van der Waals surface area contributed by atoms with Gasteiger partial charge in [-0.1, -0.05) is 29.8 Å². The number of hydrogen-bond acceptors (Lipinski definition) is 7. The number of aromatic carboxylic acids is 1. The molecule has 200 valence electrons. The molecule has 10 heteroatoms. The lowest BCUT2D eigenvalue weighted by molar-refractivity contribution is -0.0591. The minimum absolute atomic E-state index is 0.136. The van der Waals surface area contributed by atoms with E-state index in [1.54, 1.807) is 24.4 Å². The van der Waals surface area contributed by atoms with Crippen molar-refractivity contribution >= 4 is 34.2 Å². The van der Waals surface area contributed by atoms with E-state index in [0.717, 1.165) is 60.7 Å². The maximum Gasteiger partial charge on any atom is 0.335 e. The lowest BCUT2D eigenvalue weighted by Gasteiger charge is -2.29. The van der Waals surface area contributed by atoms with Gasteiger partial charge in [-0.05, 0) is 48.7 Å². The average molecular weight is 546 g/mol. The molecule has 4 aromatic rings. The summed E-state index contributed by atoms with van der Waals surface area (Å²) in [5, 5.41) is 9.91. The van der Waals surface area contributed by atoms with E-state index in [1.165, 1.54) is 5.57 Å². The van der Waals surface area contributed by atoms with Crippen molar-refractivity contribution in [1.29, 1.82) is 0 Å². The quantitative estimate of drug-likeness (QED) is 0.298. The summed E-state index contributed by atoms with van der Waals surface area (Å²) in [6.45, 7) is 4.02. The average Bonchev–Trinajstić information content (AvgIpc) is 3.26. The topological polar surface area (TPSA) is 103 Å². The molecule has 1 atom stereocenters. The van der Waals surface area contributed by atoms with Crippen LogP contribution in [0.4, 0.5) is 0 Å². The second kappa shape index (κ2) is 11.1. The van der Waals surface area contributed by atoms with Crippen molar-refractivity contribution in [2.45, 2.75) is 38.6 Å². The number of imidazole rings is 1. The van der Waals surface area contributed by atoms with E-state index in [4.69, 9.17) is 31.0 Å². The second-order valence-electron chi connectivity index (χ2n) is 9.75. The van der Waals surface area contributed by atoms with Crippen LogP contribution in [-0.4, -0.2) is 61.3 Å². The van der Waals surface area contributed by atoms with Crippen LogP contribution in [0.2, 0.25) is 5.15 Å². The van der Waals surface area contributed by atoms with Crippen LogP contribution in [0.1, 0.15) is 40.3 Å². The third-order valence-corrected chi connectivity index (χ3v) is 7.52. The summed E-state index contributed by atoms with van der Waals surface area (Å²) in [4.78, 5) is 27.6. The van der Waals surface area contributed by atoms with Crippen molar-refractivity contribution in [3.8, 4) is 5.88 Å². The monoisotopic (exact) mass is 545 g/mol. The largest absolute Gasteiger partial charge is 0.478 e. The molecule has 0 spiro atoms. The zero-order valence-corrected chi connectivity index (χ0v) is 22.0. The van der Waals surface area contributed by atoms with E-state index in [0.29, 0.717) is 30.7 Å². The first kappa shape index (κ1) is 25.5. The molecule has 2 aliphatic heterocycles. The van der Waals surface area contributed by atoms with Crippen LogP contribution in [0, 0.1) is 0 Å². The number of nitrogens with zero attached hydrogens (tertiary/aromatic N) is 5. The third-order valence-electron chi connectivity index (χ3n) is 7.18. The fourth-order valence-corrected chi connectivity index (χ4v) is 5.08. The number of rotatable bonds is 9. The van der Waals surface area contributed by atoms with Crippen LogP contribution in [0.15, 0.2) is 60.8 Å². The Morgan fingerprint density at radius 1 is 1.18 bits per heavy atom. The molecule has 0 amide bonds. The first-order valence-electron chi connectivity index (χ1n) is 13.0. The van der Waals surface area contributed by atoms with Crippen LogP contribution in [0.25, 0.3) is 16.6 Å². The highest BCUT2D eigenvalue weighted by atomic mass is 35.5. The number of benzene rings is 1. The highest BCUT2D eigenvalue weighted by Gasteiger charge is 2.24. The van der Waals surface area contributed by atoms with Gasteiger partial charge in [0.2, 0.25) is 5.88 Å². The molecule has 1 unspecified atom stereocenters. The Morgan fingerprint density at radius 3 is 2.82 bits per heavy atom. The predicted molar refractivity (Wildman–Crippen MR) is 147 cm³/mol. The van der Waals surface area contributed by atoms with Gasteiger partial charge >= 0.3 is 5.97 Å². The van der Waals surface area contributed by atoms with Gasteiger partial charge < -0.3 is 19.1 Å². The number of pyridine rings is 2. The molecule has 0 saturated carbocycles. The lowest BCUT2D eigenvalue weighted by Crippen LogP contribution is -2.33. The van der Waals surface area contributed by atoms with E-state index in [2.05, 4.69) is 20.5 Å². The normalized spacial score (nSPS) is 17.6. The van der Waals surface area contributed by atoms with Crippen LogP contribution in [0.3, 0.4) is 0 Å². The molecule has 1 saturated heterocycles. The van der Waals surface area contributed by atoms with Crippen LogP contribution in [-0.2, 0) is 24.4 Å². The molecule has 2 aliphatic rings. The number of fused-ring (bicyclic) bond motifs is 1. The van der Waals surface area contributed by atoms with Crippen molar-refractivity contribution < 1.29 is 19.4 Å². The first-order chi connectivity index (χ1) is 19.0. The fourth-order valence-electron chi connectivity index (χ4n) is 4.90. The Balaban J connectivity index is 1.15. The Labute approximate surface area is 230 Å². The van der Waals surface area contributed by atoms with E-state index < -0.39 is 5.97 Å². The number of hydrogen-bond donors (Lipinski definition) is 1. The molecule has 0 aliphatic carbocycles. The Bertz CT molecular complexity index is 1550. The summed E-state index contributed by atoms with van der Waals surface area (Å²) in [6, 6.07) is 14.6. The van der Waals surface area contributed by atoms with Crippen LogP contribution in [0.5, 0.6) is 5.88 Å². The van der Waals surface area contributed by atoms with Gasteiger partial charge in [0, 0.05) is 37.5 Å². The number of ether oxygens (including phenoxy) is 2.